The Kier molecular flexibility index (Phi) is 7.31. The third-order valence-electron chi connectivity index (χ3n) is 5.12. The first-order valence-corrected chi connectivity index (χ1v) is 11.4. The summed E-state index contributed by atoms with van der Waals surface area (Å²) in [6.45, 7) is 0. The van der Waals surface area contributed by atoms with Gasteiger partial charge in [0, 0.05) is 27.5 Å². The fourth-order valence-corrected chi connectivity index (χ4v) is 3.55. The van der Waals surface area contributed by atoms with E-state index >= 15 is 0 Å². The van der Waals surface area contributed by atoms with E-state index in [0.29, 0.717) is 11.3 Å². The zero-order valence-corrected chi connectivity index (χ0v) is 20.1. The highest BCUT2D eigenvalue weighted by Crippen LogP contribution is 2.22. The largest absolute Gasteiger partial charge is 0.335 e. The second-order valence-electron chi connectivity index (χ2n) is 7.54. The lowest BCUT2D eigenvalue weighted by molar-refractivity contribution is -0.131. The van der Waals surface area contributed by atoms with Crippen molar-refractivity contribution in [3.05, 3.63) is 94.5 Å². The van der Waals surface area contributed by atoms with Crippen LogP contribution in [0.4, 0.5) is 16.2 Å². The maximum Gasteiger partial charge on any atom is 0.335 e. The molecule has 3 aromatic rings. The number of rotatable bonds is 6. The number of hydrogen-bond donors (Lipinski definition) is 3. The number of urea groups is 1. The lowest BCUT2D eigenvalue weighted by Gasteiger charge is -2.28. The van der Waals surface area contributed by atoms with E-state index < -0.39 is 29.7 Å². The molecule has 1 atom stereocenters. The average Bonchev–Trinajstić information content (AvgIpc) is 2.88. The summed E-state index contributed by atoms with van der Waals surface area (Å²) in [7, 11) is 0. The number of benzene rings is 3. The molecule has 0 aliphatic carbocycles. The minimum absolute atomic E-state index is 0.232. The number of amides is 6. The van der Waals surface area contributed by atoms with E-state index in [1.807, 2.05) is 0 Å². The van der Waals surface area contributed by atoms with Gasteiger partial charge in [-0.2, -0.15) is 5.10 Å². The molecule has 180 valence electrons. The average molecular weight is 548 g/mol. The molecule has 0 bridgehead atoms. The van der Waals surface area contributed by atoms with Gasteiger partial charge in [0.2, 0.25) is 5.91 Å². The lowest BCUT2D eigenvalue weighted by Crippen LogP contribution is -2.58. The van der Waals surface area contributed by atoms with Crippen molar-refractivity contribution in [2.75, 3.05) is 10.2 Å². The van der Waals surface area contributed by atoms with Crippen LogP contribution < -0.4 is 21.0 Å². The van der Waals surface area contributed by atoms with Crippen molar-refractivity contribution < 1.29 is 24.0 Å². The first-order chi connectivity index (χ1) is 17.3. The van der Waals surface area contributed by atoms with Gasteiger partial charge in [-0.25, -0.2) is 15.1 Å². The Labute approximate surface area is 213 Å². The molecule has 1 heterocycles. The van der Waals surface area contributed by atoms with Crippen LogP contribution in [-0.2, 0) is 9.59 Å². The summed E-state index contributed by atoms with van der Waals surface area (Å²) in [4.78, 5) is 62.7. The molecule has 4 rings (SSSR count). The summed E-state index contributed by atoms with van der Waals surface area (Å²) in [6.07, 6.45) is 0.961. The number of halogens is 1. The van der Waals surface area contributed by atoms with Gasteiger partial charge in [-0.1, -0.05) is 34.1 Å². The second kappa shape index (κ2) is 10.7. The van der Waals surface area contributed by atoms with Crippen LogP contribution in [0.1, 0.15) is 20.7 Å². The second-order valence-corrected chi connectivity index (χ2v) is 8.45. The van der Waals surface area contributed by atoms with Crippen molar-refractivity contribution in [2.24, 2.45) is 11.0 Å². The van der Waals surface area contributed by atoms with Crippen molar-refractivity contribution in [3.63, 3.8) is 0 Å². The van der Waals surface area contributed by atoms with E-state index in [0.717, 1.165) is 15.6 Å². The number of nitrogens with zero attached hydrogens (tertiary/aromatic N) is 2. The summed E-state index contributed by atoms with van der Waals surface area (Å²) in [6, 6.07) is 20.3. The molecule has 11 heteroatoms. The molecule has 0 aromatic heterocycles. The Morgan fingerprint density at radius 1 is 0.861 bits per heavy atom. The zero-order chi connectivity index (χ0) is 25.7. The Morgan fingerprint density at radius 2 is 1.50 bits per heavy atom. The molecule has 1 aliphatic rings. The van der Waals surface area contributed by atoms with Gasteiger partial charge in [-0.15, -0.1) is 0 Å². The highest BCUT2D eigenvalue weighted by atomic mass is 79.9. The molecule has 1 fully saturated rings. The third kappa shape index (κ3) is 5.53. The fourth-order valence-electron chi connectivity index (χ4n) is 3.29. The molecule has 1 saturated heterocycles. The topological polar surface area (TPSA) is 137 Å². The Morgan fingerprint density at radius 3 is 2.17 bits per heavy atom. The number of hydrazone groups is 1. The molecule has 3 aromatic carbocycles. The van der Waals surface area contributed by atoms with Crippen molar-refractivity contribution in [2.45, 2.75) is 0 Å². The highest BCUT2D eigenvalue weighted by Gasteiger charge is 2.40. The molecular formula is C25H18BrN5O5. The zero-order valence-electron chi connectivity index (χ0n) is 18.5. The van der Waals surface area contributed by atoms with Crippen LogP contribution in [0.2, 0.25) is 0 Å². The Balaban J connectivity index is 1.38. The van der Waals surface area contributed by atoms with Gasteiger partial charge >= 0.3 is 6.03 Å². The molecule has 6 amide bonds. The number of hydrogen-bond acceptors (Lipinski definition) is 6. The van der Waals surface area contributed by atoms with Crippen LogP contribution in [0.15, 0.2) is 88.4 Å². The molecule has 10 nitrogen and oxygen atoms in total. The van der Waals surface area contributed by atoms with Gasteiger partial charge in [0.25, 0.3) is 17.7 Å². The van der Waals surface area contributed by atoms with Crippen LogP contribution in [0.5, 0.6) is 0 Å². The van der Waals surface area contributed by atoms with Gasteiger partial charge in [-0.3, -0.25) is 24.5 Å². The van der Waals surface area contributed by atoms with Crippen LogP contribution in [0.3, 0.4) is 0 Å². The van der Waals surface area contributed by atoms with Gasteiger partial charge in [0.05, 0.1) is 5.69 Å². The normalized spacial score (nSPS) is 15.5. The molecular weight excluding hydrogens is 530 g/mol. The van der Waals surface area contributed by atoms with Crippen LogP contribution in [-0.4, -0.2) is 35.9 Å². The first kappa shape index (κ1) is 24.5. The van der Waals surface area contributed by atoms with E-state index in [4.69, 9.17) is 0 Å². The smallest absolute Gasteiger partial charge is 0.322 e. The summed E-state index contributed by atoms with van der Waals surface area (Å²) >= 11 is 3.27. The summed E-state index contributed by atoms with van der Waals surface area (Å²) in [5.41, 5.74) is 3.74. The third-order valence-corrected chi connectivity index (χ3v) is 5.65. The SMILES string of the molecule is O=C(N/N=C\[C@@H]1C(=O)NC(=O)N(c2ccc(Br)cc2)C1=O)c1ccc(NC(=O)c2ccccc2)cc1. The maximum atomic E-state index is 12.8. The minimum atomic E-state index is -1.41. The van der Waals surface area contributed by atoms with E-state index in [9.17, 15) is 24.0 Å². The van der Waals surface area contributed by atoms with Crippen molar-refractivity contribution in [1.82, 2.24) is 10.7 Å². The van der Waals surface area contributed by atoms with Gasteiger partial charge in [0.15, 0.2) is 5.92 Å². The first-order valence-electron chi connectivity index (χ1n) is 10.6. The summed E-state index contributed by atoms with van der Waals surface area (Å²) in [5, 5.41) is 8.56. The summed E-state index contributed by atoms with van der Waals surface area (Å²) in [5.74, 6) is -3.96. The van der Waals surface area contributed by atoms with Gasteiger partial charge in [-0.05, 0) is 60.7 Å². The molecule has 0 unspecified atom stereocenters. The number of barbiturate groups is 1. The van der Waals surface area contributed by atoms with E-state index in [-0.39, 0.29) is 17.2 Å². The number of imide groups is 2. The van der Waals surface area contributed by atoms with Crippen molar-refractivity contribution in [3.8, 4) is 0 Å². The van der Waals surface area contributed by atoms with Crippen LogP contribution in [0, 0.1) is 5.92 Å². The monoisotopic (exact) mass is 547 g/mol. The predicted octanol–water partition coefficient (Wildman–Crippen LogP) is 3.32. The van der Waals surface area contributed by atoms with Gasteiger partial charge in [0.1, 0.15) is 0 Å². The fraction of sp³-hybridized carbons (Fsp3) is 0.0400. The van der Waals surface area contributed by atoms with Gasteiger partial charge < -0.3 is 5.32 Å². The molecule has 0 radical (unpaired) electrons. The van der Waals surface area contributed by atoms with Crippen molar-refractivity contribution >= 4 is 63.2 Å². The molecule has 3 N–H and O–H groups in total. The standard InChI is InChI=1S/C25H18BrN5O5/c26-17-8-12-19(13-9-17)31-24(35)20(23(34)29-25(31)36)14-27-30-22(33)16-6-10-18(11-7-16)28-21(32)15-4-2-1-3-5-15/h1-14,20H,(H,28,32)(H,30,33)(H,29,34,36)/b27-14-/t20-/m1/s1. The molecule has 1 aliphatic heterocycles. The Bertz CT molecular complexity index is 1360. The van der Waals surface area contributed by atoms with Crippen molar-refractivity contribution in [1.29, 1.82) is 0 Å². The quantitative estimate of drug-likeness (QED) is 0.247. The lowest BCUT2D eigenvalue weighted by atomic mass is 10.1. The predicted molar refractivity (Wildman–Crippen MR) is 135 cm³/mol. The van der Waals surface area contributed by atoms with Crippen LogP contribution >= 0.6 is 15.9 Å². The van der Waals surface area contributed by atoms with E-state index in [1.165, 1.54) is 12.1 Å². The highest BCUT2D eigenvalue weighted by molar-refractivity contribution is 9.10. The number of nitrogens with one attached hydrogen (secondary N) is 3. The molecule has 0 spiro atoms. The minimum Gasteiger partial charge on any atom is -0.322 e. The molecule has 0 saturated carbocycles. The van der Waals surface area contributed by atoms with E-state index in [1.54, 1.807) is 66.7 Å². The molecule has 36 heavy (non-hydrogen) atoms. The van der Waals surface area contributed by atoms with Crippen LogP contribution in [0.25, 0.3) is 0 Å². The summed E-state index contributed by atoms with van der Waals surface area (Å²) < 4.78 is 0.750. The van der Waals surface area contributed by atoms with E-state index in [2.05, 4.69) is 37.1 Å². The number of carbonyl (C=O) groups is 5. The maximum absolute atomic E-state index is 12.8. The Hall–Kier alpha value is -4.64. The number of carbonyl (C=O) groups excluding carboxylic acids is 5. The number of anilines is 2.